The van der Waals surface area contributed by atoms with Gasteiger partial charge < -0.3 is 15.4 Å². The molecule has 1 aliphatic carbocycles. The lowest BCUT2D eigenvalue weighted by atomic mass is 10.0. The van der Waals surface area contributed by atoms with Crippen LogP contribution in [0.3, 0.4) is 0 Å². The van der Waals surface area contributed by atoms with Crippen LogP contribution >= 0.6 is 12.4 Å². The number of carbonyl (C=O) groups excluding carboxylic acids is 1. The fourth-order valence-corrected chi connectivity index (χ4v) is 2.48. The molecule has 0 bridgehead atoms. The number of nitrogens with zero attached hydrogens (tertiary/aromatic N) is 1. The van der Waals surface area contributed by atoms with E-state index in [0.717, 1.165) is 49.8 Å². The van der Waals surface area contributed by atoms with Crippen molar-refractivity contribution in [2.24, 2.45) is 11.7 Å². The molecular formula is C16H23ClN2O2. The molecule has 1 saturated heterocycles. The van der Waals surface area contributed by atoms with Gasteiger partial charge >= 0.3 is 0 Å². The number of hydrogen-bond donors (Lipinski definition) is 1. The summed E-state index contributed by atoms with van der Waals surface area (Å²) in [6.07, 6.45) is 4.37. The smallest absolute Gasteiger partial charge is 0.253 e. The summed E-state index contributed by atoms with van der Waals surface area (Å²) in [7, 11) is 0. The molecular weight excluding hydrogens is 288 g/mol. The Morgan fingerprint density at radius 3 is 2.33 bits per heavy atom. The zero-order chi connectivity index (χ0) is 13.9. The van der Waals surface area contributed by atoms with Gasteiger partial charge in [-0.2, -0.15) is 0 Å². The number of amides is 1. The van der Waals surface area contributed by atoms with Crippen LogP contribution in [0.2, 0.25) is 0 Å². The van der Waals surface area contributed by atoms with Crippen LogP contribution < -0.4 is 10.5 Å². The molecule has 1 aromatic rings. The van der Waals surface area contributed by atoms with Gasteiger partial charge in [0.05, 0.1) is 6.61 Å². The van der Waals surface area contributed by atoms with E-state index >= 15 is 0 Å². The maximum absolute atomic E-state index is 12.3. The third-order valence-electron chi connectivity index (χ3n) is 4.11. The van der Waals surface area contributed by atoms with Crippen LogP contribution in [-0.4, -0.2) is 36.5 Å². The molecule has 3 rings (SSSR count). The monoisotopic (exact) mass is 310 g/mol. The van der Waals surface area contributed by atoms with E-state index in [9.17, 15) is 4.79 Å². The van der Waals surface area contributed by atoms with Gasteiger partial charge in [-0.1, -0.05) is 0 Å². The molecule has 4 nitrogen and oxygen atoms in total. The fraction of sp³-hybridized carbons (Fsp3) is 0.562. The fourth-order valence-electron chi connectivity index (χ4n) is 2.48. The molecule has 0 unspecified atom stereocenters. The van der Waals surface area contributed by atoms with Crippen LogP contribution in [0.15, 0.2) is 24.3 Å². The number of benzene rings is 1. The summed E-state index contributed by atoms with van der Waals surface area (Å²) in [6, 6.07) is 7.76. The van der Waals surface area contributed by atoms with Crippen molar-refractivity contribution in [1.29, 1.82) is 0 Å². The van der Waals surface area contributed by atoms with Crippen molar-refractivity contribution in [1.82, 2.24) is 4.90 Å². The molecule has 0 radical (unpaired) electrons. The minimum absolute atomic E-state index is 0. The summed E-state index contributed by atoms with van der Waals surface area (Å²) in [5.74, 6) is 1.70. The normalized spacial score (nSPS) is 19.0. The predicted molar refractivity (Wildman–Crippen MR) is 85.0 cm³/mol. The van der Waals surface area contributed by atoms with E-state index in [0.29, 0.717) is 0 Å². The largest absolute Gasteiger partial charge is 0.493 e. The highest BCUT2D eigenvalue weighted by atomic mass is 35.5. The van der Waals surface area contributed by atoms with Crippen LogP contribution in [0.25, 0.3) is 0 Å². The summed E-state index contributed by atoms with van der Waals surface area (Å²) in [4.78, 5) is 14.2. The van der Waals surface area contributed by atoms with Gasteiger partial charge in [0.2, 0.25) is 0 Å². The van der Waals surface area contributed by atoms with Gasteiger partial charge in [0.15, 0.2) is 0 Å². The Morgan fingerprint density at radius 1 is 1.14 bits per heavy atom. The van der Waals surface area contributed by atoms with Crippen molar-refractivity contribution >= 4 is 18.3 Å². The topological polar surface area (TPSA) is 55.6 Å². The molecule has 0 aromatic heterocycles. The lowest BCUT2D eigenvalue weighted by Crippen LogP contribution is -2.42. The first kappa shape index (κ1) is 16.1. The molecule has 2 N–H and O–H groups in total. The lowest BCUT2D eigenvalue weighted by Gasteiger charge is -2.30. The van der Waals surface area contributed by atoms with Gasteiger partial charge in [-0.3, -0.25) is 4.79 Å². The summed E-state index contributed by atoms with van der Waals surface area (Å²) >= 11 is 0. The standard InChI is InChI=1S/C16H22N2O2.ClH/c17-14-7-9-18(10-8-14)16(19)13-3-5-15(6-4-13)20-11-12-1-2-12;/h3-6,12,14H,1-2,7-11,17H2;1H. The van der Waals surface area contributed by atoms with Crippen molar-refractivity contribution < 1.29 is 9.53 Å². The second-order valence-corrected chi connectivity index (χ2v) is 5.91. The van der Waals surface area contributed by atoms with Crippen LogP contribution in [0.4, 0.5) is 0 Å². The van der Waals surface area contributed by atoms with Gasteiger partial charge in [0, 0.05) is 24.7 Å². The highest BCUT2D eigenvalue weighted by Gasteiger charge is 2.23. The van der Waals surface area contributed by atoms with E-state index in [1.54, 1.807) is 0 Å². The molecule has 0 spiro atoms. The molecule has 1 aliphatic heterocycles. The van der Waals surface area contributed by atoms with E-state index in [-0.39, 0.29) is 24.4 Å². The van der Waals surface area contributed by atoms with Gasteiger partial charge in [0.1, 0.15) is 5.75 Å². The second-order valence-electron chi connectivity index (χ2n) is 5.91. The molecule has 1 heterocycles. The number of likely N-dealkylation sites (tertiary alicyclic amines) is 1. The minimum Gasteiger partial charge on any atom is -0.493 e. The Labute approximate surface area is 132 Å². The highest BCUT2D eigenvalue weighted by molar-refractivity contribution is 5.94. The van der Waals surface area contributed by atoms with Crippen molar-refractivity contribution in [2.75, 3.05) is 19.7 Å². The number of nitrogens with two attached hydrogens (primary N) is 1. The first-order valence-electron chi connectivity index (χ1n) is 7.50. The third-order valence-corrected chi connectivity index (χ3v) is 4.11. The number of halogens is 1. The summed E-state index contributed by atoms with van der Waals surface area (Å²) in [5, 5.41) is 0. The molecule has 5 heteroatoms. The van der Waals surface area contributed by atoms with Crippen LogP contribution in [0, 0.1) is 5.92 Å². The second kappa shape index (κ2) is 7.14. The first-order chi connectivity index (χ1) is 9.72. The Bertz CT molecular complexity index is 466. The Kier molecular flexibility index (Phi) is 5.48. The zero-order valence-electron chi connectivity index (χ0n) is 12.2. The minimum atomic E-state index is 0. The van der Waals surface area contributed by atoms with Crippen LogP contribution in [-0.2, 0) is 0 Å². The number of rotatable bonds is 4. The molecule has 2 fully saturated rings. The third kappa shape index (κ3) is 4.35. The lowest BCUT2D eigenvalue weighted by molar-refractivity contribution is 0.0714. The molecule has 2 aliphatic rings. The average Bonchev–Trinajstić information content (AvgIpc) is 3.30. The number of piperidine rings is 1. The first-order valence-corrected chi connectivity index (χ1v) is 7.50. The summed E-state index contributed by atoms with van der Waals surface area (Å²) in [5.41, 5.74) is 6.60. The van der Waals surface area contributed by atoms with E-state index < -0.39 is 0 Å². The SMILES string of the molecule is Cl.NC1CCN(C(=O)c2ccc(OCC3CC3)cc2)CC1. The molecule has 116 valence electrons. The zero-order valence-corrected chi connectivity index (χ0v) is 13.0. The molecule has 0 atom stereocenters. The van der Waals surface area contributed by atoms with E-state index in [1.807, 2.05) is 29.2 Å². The Morgan fingerprint density at radius 2 is 1.76 bits per heavy atom. The Hall–Kier alpha value is -1.26. The van der Waals surface area contributed by atoms with Gasteiger partial charge in [-0.25, -0.2) is 0 Å². The van der Waals surface area contributed by atoms with Gasteiger partial charge in [-0.15, -0.1) is 12.4 Å². The summed E-state index contributed by atoms with van der Waals surface area (Å²) < 4.78 is 5.68. The van der Waals surface area contributed by atoms with Crippen molar-refractivity contribution in [3.05, 3.63) is 29.8 Å². The average molecular weight is 311 g/mol. The maximum Gasteiger partial charge on any atom is 0.253 e. The van der Waals surface area contributed by atoms with Gasteiger partial charge in [0.25, 0.3) is 5.91 Å². The number of hydrogen-bond acceptors (Lipinski definition) is 3. The van der Waals surface area contributed by atoms with Crippen molar-refractivity contribution in [2.45, 2.75) is 31.7 Å². The van der Waals surface area contributed by atoms with Crippen LogP contribution in [0.1, 0.15) is 36.0 Å². The van der Waals surface area contributed by atoms with Gasteiger partial charge in [-0.05, 0) is 55.9 Å². The molecule has 1 amide bonds. The molecule has 1 saturated carbocycles. The summed E-state index contributed by atoms with van der Waals surface area (Å²) in [6.45, 7) is 2.33. The highest BCUT2D eigenvalue weighted by Crippen LogP contribution is 2.29. The van der Waals surface area contributed by atoms with E-state index in [2.05, 4.69) is 0 Å². The quantitative estimate of drug-likeness (QED) is 0.929. The van der Waals surface area contributed by atoms with Crippen LogP contribution in [0.5, 0.6) is 5.75 Å². The van der Waals surface area contributed by atoms with Crippen molar-refractivity contribution in [3.63, 3.8) is 0 Å². The van der Waals surface area contributed by atoms with E-state index in [4.69, 9.17) is 10.5 Å². The predicted octanol–water partition coefficient (Wildman–Crippen LogP) is 2.46. The maximum atomic E-state index is 12.3. The Balaban J connectivity index is 0.00000161. The molecule has 21 heavy (non-hydrogen) atoms. The van der Waals surface area contributed by atoms with E-state index in [1.165, 1.54) is 12.8 Å². The molecule has 1 aromatic carbocycles. The number of carbonyl (C=O) groups is 1. The number of ether oxygens (including phenoxy) is 1. The van der Waals surface area contributed by atoms with Crippen molar-refractivity contribution in [3.8, 4) is 5.75 Å².